The van der Waals surface area contributed by atoms with Crippen LogP contribution in [-0.2, 0) is 14.1 Å². The lowest BCUT2D eigenvalue weighted by Crippen LogP contribution is -2.56. The number of carbonyl (C=O) groups excluding carboxylic acids is 3. The number of aliphatic hydroxyl groups is 1. The highest BCUT2D eigenvalue weighted by molar-refractivity contribution is 7.51. The van der Waals surface area contributed by atoms with Crippen LogP contribution in [0.4, 0.5) is 4.79 Å². The lowest BCUT2D eigenvalue weighted by molar-refractivity contribution is -0.134. The van der Waals surface area contributed by atoms with Crippen molar-refractivity contribution in [3.8, 4) is 11.3 Å². The van der Waals surface area contributed by atoms with Gasteiger partial charge in [-0.2, -0.15) is 0 Å². The van der Waals surface area contributed by atoms with Crippen LogP contribution < -0.4 is 5.32 Å². The summed E-state index contributed by atoms with van der Waals surface area (Å²) in [5.41, 5.74) is 2.14. The number of piperazine rings is 1. The van der Waals surface area contributed by atoms with Crippen molar-refractivity contribution in [3.05, 3.63) is 53.7 Å². The molecule has 3 atom stereocenters. The van der Waals surface area contributed by atoms with Gasteiger partial charge in [0.25, 0.3) is 5.91 Å². The molecule has 0 spiro atoms. The Morgan fingerprint density at radius 3 is 2.39 bits per heavy atom. The van der Waals surface area contributed by atoms with Crippen molar-refractivity contribution in [1.29, 1.82) is 0 Å². The van der Waals surface area contributed by atoms with E-state index in [0.717, 1.165) is 30.4 Å². The summed E-state index contributed by atoms with van der Waals surface area (Å²) < 4.78 is 17.2. The van der Waals surface area contributed by atoms with Crippen molar-refractivity contribution in [3.63, 3.8) is 0 Å². The number of nitrogens with one attached hydrogen (secondary N) is 1. The minimum atomic E-state index is -4.70. The maximum atomic E-state index is 13.4. The largest absolute Gasteiger partial charge is 0.449 e. The molecule has 2 fully saturated rings. The van der Waals surface area contributed by atoms with Crippen LogP contribution in [0.5, 0.6) is 0 Å². The summed E-state index contributed by atoms with van der Waals surface area (Å²) in [6, 6.07) is 11.2. The minimum Gasteiger partial charge on any atom is -0.449 e. The van der Waals surface area contributed by atoms with Gasteiger partial charge in [-0.15, -0.1) is 0 Å². The Kier molecular flexibility index (Phi) is 10.1. The van der Waals surface area contributed by atoms with Gasteiger partial charge < -0.3 is 34.7 Å². The summed E-state index contributed by atoms with van der Waals surface area (Å²) in [4.78, 5) is 65.8. The fraction of sp³-hybridized carbons (Fsp3) is 0.500. The molecule has 1 aromatic carbocycles. The van der Waals surface area contributed by atoms with E-state index in [2.05, 4.69) is 10.3 Å². The van der Waals surface area contributed by atoms with Gasteiger partial charge >= 0.3 is 13.7 Å². The molecule has 0 unspecified atom stereocenters. The van der Waals surface area contributed by atoms with Gasteiger partial charge in [0.2, 0.25) is 5.91 Å². The molecule has 222 valence electrons. The quantitative estimate of drug-likeness (QED) is 0.227. The van der Waals surface area contributed by atoms with E-state index in [0.29, 0.717) is 12.3 Å². The Bertz CT molecular complexity index is 1280. The molecule has 2 aromatic rings. The third-order valence-corrected chi connectivity index (χ3v) is 8.17. The van der Waals surface area contributed by atoms with Crippen LogP contribution in [-0.4, -0.2) is 99.2 Å². The fourth-order valence-corrected chi connectivity index (χ4v) is 5.60. The summed E-state index contributed by atoms with van der Waals surface area (Å²) in [5.74, 6) is -1.24. The summed E-state index contributed by atoms with van der Waals surface area (Å²) in [6.07, 6.45) is 1.07. The van der Waals surface area contributed by atoms with Crippen LogP contribution >= 0.6 is 7.60 Å². The van der Waals surface area contributed by atoms with Gasteiger partial charge in [-0.05, 0) is 42.4 Å². The van der Waals surface area contributed by atoms with Crippen LogP contribution in [0.25, 0.3) is 11.3 Å². The third-order valence-electron chi connectivity index (χ3n) is 7.33. The Balaban J connectivity index is 1.50. The molecule has 3 amide bonds. The van der Waals surface area contributed by atoms with Gasteiger partial charge in [0.1, 0.15) is 11.7 Å². The van der Waals surface area contributed by atoms with Crippen LogP contribution in [0.15, 0.2) is 42.5 Å². The average molecular weight is 589 g/mol. The first-order valence-corrected chi connectivity index (χ1v) is 15.6. The topological polar surface area (TPSA) is 170 Å². The highest BCUT2D eigenvalue weighted by Crippen LogP contribution is 2.47. The molecule has 2 heterocycles. The normalized spacial score (nSPS) is 19.4. The van der Waals surface area contributed by atoms with Crippen molar-refractivity contribution in [2.24, 2.45) is 5.92 Å². The summed E-state index contributed by atoms with van der Waals surface area (Å²) >= 11 is 0. The highest BCUT2D eigenvalue weighted by Gasteiger charge is 2.39. The summed E-state index contributed by atoms with van der Waals surface area (Å²) in [7, 11) is -4.70. The van der Waals surface area contributed by atoms with E-state index in [9.17, 15) is 33.8 Å². The molecule has 1 saturated carbocycles. The first-order valence-electron chi connectivity index (χ1n) is 13.8. The molecular formula is C28H37N4O8P. The summed E-state index contributed by atoms with van der Waals surface area (Å²) in [6.45, 7) is 2.98. The molecule has 1 saturated heterocycles. The number of unbranched alkanes of at least 4 members (excludes halogenated alkanes) is 1. The number of hydrogen-bond acceptors (Lipinski definition) is 7. The fourth-order valence-electron chi connectivity index (χ4n) is 4.88. The molecule has 0 bridgehead atoms. The zero-order chi connectivity index (χ0) is 29.6. The molecule has 1 aliphatic carbocycles. The number of benzene rings is 1. The Morgan fingerprint density at radius 1 is 1.10 bits per heavy atom. The smallest absolute Gasteiger partial charge is 0.409 e. The van der Waals surface area contributed by atoms with Gasteiger partial charge in [-0.3, -0.25) is 14.2 Å². The third kappa shape index (κ3) is 8.36. The van der Waals surface area contributed by atoms with Crippen LogP contribution in [0.3, 0.4) is 0 Å². The SMILES string of the molecule is CCCCOC(=O)N1CCN(C(=O)[C@H](CP(=O)(O)O)NC(=O)c2cc([C@H]3C[C@@H]3CO)cc(-c3ccccc3)n2)CC1. The highest BCUT2D eigenvalue weighted by atomic mass is 31.2. The molecule has 41 heavy (non-hydrogen) atoms. The van der Waals surface area contributed by atoms with E-state index in [-0.39, 0.29) is 50.3 Å². The van der Waals surface area contributed by atoms with E-state index in [4.69, 9.17) is 4.74 Å². The maximum absolute atomic E-state index is 13.4. The number of carbonyl (C=O) groups is 3. The van der Waals surface area contributed by atoms with Crippen molar-refractivity contribution in [1.82, 2.24) is 20.1 Å². The second kappa shape index (κ2) is 13.6. The van der Waals surface area contributed by atoms with Crippen molar-refractivity contribution in [2.75, 3.05) is 45.6 Å². The average Bonchev–Trinajstić information content (AvgIpc) is 3.76. The molecular weight excluding hydrogens is 551 g/mol. The Morgan fingerprint density at radius 2 is 1.78 bits per heavy atom. The molecule has 2 aliphatic rings. The lowest BCUT2D eigenvalue weighted by atomic mass is 10.0. The molecule has 4 rings (SSSR count). The number of aliphatic hydroxyl groups excluding tert-OH is 1. The first-order chi connectivity index (χ1) is 19.6. The number of rotatable bonds is 11. The van der Waals surface area contributed by atoms with E-state index in [1.165, 1.54) is 9.80 Å². The number of amides is 3. The van der Waals surface area contributed by atoms with Crippen LogP contribution in [0, 0.1) is 5.92 Å². The molecule has 1 aromatic heterocycles. The zero-order valence-electron chi connectivity index (χ0n) is 23.0. The Hall–Kier alpha value is -3.31. The lowest BCUT2D eigenvalue weighted by Gasteiger charge is -2.36. The van der Waals surface area contributed by atoms with Crippen molar-refractivity contribution < 1.29 is 38.6 Å². The number of aromatic nitrogens is 1. The van der Waals surface area contributed by atoms with Crippen LogP contribution in [0.2, 0.25) is 0 Å². The molecule has 1 aliphatic heterocycles. The molecule has 12 nitrogen and oxygen atoms in total. The van der Waals surface area contributed by atoms with E-state index >= 15 is 0 Å². The van der Waals surface area contributed by atoms with Gasteiger partial charge in [0.15, 0.2) is 0 Å². The number of nitrogens with zero attached hydrogens (tertiary/aromatic N) is 3. The van der Waals surface area contributed by atoms with Crippen molar-refractivity contribution >= 4 is 25.5 Å². The summed E-state index contributed by atoms with van der Waals surface area (Å²) in [5, 5.41) is 12.1. The first kappa shape index (κ1) is 30.6. The number of pyridine rings is 1. The van der Waals surface area contributed by atoms with E-state index in [1.807, 2.05) is 43.3 Å². The van der Waals surface area contributed by atoms with E-state index < -0.39 is 37.7 Å². The van der Waals surface area contributed by atoms with Gasteiger partial charge in [0, 0.05) is 38.3 Å². The molecule has 13 heteroatoms. The Labute approximate surface area is 238 Å². The minimum absolute atomic E-state index is 0.00750. The zero-order valence-corrected chi connectivity index (χ0v) is 23.9. The molecule has 0 radical (unpaired) electrons. The monoisotopic (exact) mass is 588 g/mol. The number of hydrogen-bond donors (Lipinski definition) is 4. The second-order valence-corrected chi connectivity index (χ2v) is 12.2. The predicted octanol–water partition coefficient (Wildman–Crippen LogP) is 2.20. The van der Waals surface area contributed by atoms with Gasteiger partial charge in [-0.25, -0.2) is 9.78 Å². The number of ether oxygens (including phenoxy) is 1. The predicted molar refractivity (Wildman–Crippen MR) is 150 cm³/mol. The van der Waals surface area contributed by atoms with E-state index in [1.54, 1.807) is 6.07 Å². The standard InChI is InChI=1S/C28H37N4O8P/c1-2-3-13-40-28(36)32-11-9-31(10-12-32)27(35)25(18-41(37,38)39)30-26(34)24-16-20(22-14-21(22)17-33)15-23(29-24)19-7-5-4-6-8-19/h4-8,15-16,21-22,25,33H,2-3,9-14,17-18H2,1H3,(H,30,34)(H2,37,38,39)/t21-,22-,25+/m1/s1. The van der Waals surface area contributed by atoms with Gasteiger partial charge in [0.05, 0.1) is 18.5 Å². The van der Waals surface area contributed by atoms with Crippen LogP contribution in [0.1, 0.15) is 48.2 Å². The van der Waals surface area contributed by atoms with Crippen molar-refractivity contribution in [2.45, 2.75) is 38.1 Å². The van der Waals surface area contributed by atoms with Gasteiger partial charge in [-0.1, -0.05) is 43.7 Å². The molecule has 4 N–H and O–H groups in total. The second-order valence-electron chi connectivity index (χ2n) is 10.5. The maximum Gasteiger partial charge on any atom is 0.409 e.